The molecular weight excluding hydrogens is 236 g/mol. The van der Waals surface area contributed by atoms with Gasteiger partial charge in [-0.1, -0.05) is 62.3 Å². The Morgan fingerprint density at radius 3 is 1.28 bits per heavy atom. The SMILES string of the molecule is CC(C)(C)C(CCCO[SiH3])(C(C)(C)C)C(C)(C)C. The van der Waals surface area contributed by atoms with Gasteiger partial charge in [-0.3, -0.25) is 0 Å². The van der Waals surface area contributed by atoms with Crippen LogP contribution >= 0.6 is 0 Å². The topological polar surface area (TPSA) is 9.23 Å². The first-order chi connectivity index (χ1) is 7.81. The first-order valence-electron chi connectivity index (χ1n) is 7.30. The molecule has 0 aromatic heterocycles. The van der Waals surface area contributed by atoms with E-state index in [9.17, 15) is 0 Å². The lowest BCUT2D eigenvalue weighted by atomic mass is 9.43. The first-order valence-corrected chi connectivity index (χ1v) is 8.12. The third kappa shape index (κ3) is 3.39. The minimum absolute atomic E-state index is 0.286. The summed E-state index contributed by atoms with van der Waals surface area (Å²) in [7, 11) is 0.858. The van der Waals surface area contributed by atoms with Crippen molar-refractivity contribution in [1.82, 2.24) is 0 Å². The minimum Gasteiger partial charge on any atom is -0.428 e. The third-order valence-corrected chi connectivity index (χ3v) is 5.15. The van der Waals surface area contributed by atoms with Crippen molar-refractivity contribution >= 4 is 10.5 Å². The lowest BCUT2D eigenvalue weighted by Gasteiger charge is -2.61. The van der Waals surface area contributed by atoms with Crippen molar-refractivity contribution in [2.45, 2.75) is 75.2 Å². The summed E-state index contributed by atoms with van der Waals surface area (Å²) in [6.45, 7) is 22.6. The zero-order valence-electron chi connectivity index (χ0n) is 14.5. The lowest BCUT2D eigenvalue weighted by molar-refractivity contribution is -0.130. The van der Waals surface area contributed by atoms with E-state index < -0.39 is 0 Å². The average Bonchev–Trinajstić information content (AvgIpc) is 2.05. The molecule has 0 aliphatic rings. The summed E-state index contributed by atoms with van der Waals surface area (Å²) in [5, 5.41) is 0. The van der Waals surface area contributed by atoms with Crippen molar-refractivity contribution in [3.63, 3.8) is 0 Å². The molecule has 0 aromatic rings. The van der Waals surface area contributed by atoms with Gasteiger partial charge in [0.05, 0.1) is 0 Å². The van der Waals surface area contributed by atoms with E-state index >= 15 is 0 Å². The summed E-state index contributed by atoms with van der Waals surface area (Å²) in [5.41, 5.74) is 1.16. The third-order valence-electron chi connectivity index (χ3n) is 4.74. The summed E-state index contributed by atoms with van der Waals surface area (Å²) in [5.74, 6) is 0. The van der Waals surface area contributed by atoms with E-state index in [0.717, 1.165) is 17.1 Å². The van der Waals surface area contributed by atoms with Crippen LogP contribution < -0.4 is 0 Å². The van der Waals surface area contributed by atoms with Crippen LogP contribution in [0.4, 0.5) is 0 Å². The van der Waals surface area contributed by atoms with E-state index in [1.165, 1.54) is 12.8 Å². The highest BCUT2D eigenvalue weighted by molar-refractivity contribution is 5.97. The van der Waals surface area contributed by atoms with Gasteiger partial charge in [0.25, 0.3) is 0 Å². The zero-order valence-corrected chi connectivity index (χ0v) is 16.5. The Morgan fingerprint density at radius 1 is 0.722 bits per heavy atom. The van der Waals surface area contributed by atoms with Gasteiger partial charge in [-0.2, -0.15) is 0 Å². The van der Waals surface area contributed by atoms with Crippen LogP contribution in [0.1, 0.15) is 75.2 Å². The van der Waals surface area contributed by atoms with Gasteiger partial charge >= 0.3 is 0 Å². The molecule has 0 atom stereocenters. The molecule has 0 spiro atoms. The number of hydrogen-bond acceptors (Lipinski definition) is 1. The first kappa shape index (κ1) is 18.2. The summed E-state index contributed by atoms with van der Waals surface area (Å²) in [6.07, 6.45) is 2.42. The standard InChI is InChI=1S/C16H36OSi/c1-13(2,3)16(14(4,5)6,15(7,8)9)11-10-12-17-18/h10-12H2,1-9,18H3. The highest BCUT2D eigenvalue weighted by atomic mass is 28.2. The van der Waals surface area contributed by atoms with Crippen LogP contribution in [0.2, 0.25) is 0 Å². The van der Waals surface area contributed by atoms with Gasteiger partial charge in [0.2, 0.25) is 0 Å². The predicted octanol–water partition coefficient (Wildman–Crippen LogP) is 4.19. The molecule has 0 aromatic carbocycles. The molecule has 0 aliphatic carbocycles. The number of rotatable bonds is 4. The van der Waals surface area contributed by atoms with Crippen molar-refractivity contribution < 1.29 is 4.43 Å². The summed E-state index contributed by atoms with van der Waals surface area (Å²) < 4.78 is 5.41. The van der Waals surface area contributed by atoms with Crippen LogP contribution in [0.25, 0.3) is 0 Å². The highest BCUT2D eigenvalue weighted by Crippen LogP contribution is 2.63. The molecule has 0 bridgehead atoms. The van der Waals surface area contributed by atoms with Crippen molar-refractivity contribution in [2.75, 3.05) is 6.61 Å². The summed E-state index contributed by atoms with van der Waals surface area (Å²) in [6, 6.07) is 0. The molecule has 0 saturated carbocycles. The van der Waals surface area contributed by atoms with E-state index in [-0.39, 0.29) is 16.2 Å². The summed E-state index contributed by atoms with van der Waals surface area (Å²) >= 11 is 0. The molecule has 18 heavy (non-hydrogen) atoms. The van der Waals surface area contributed by atoms with Crippen molar-refractivity contribution in [3.05, 3.63) is 0 Å². The van der Waals surface area contributed by atoms with E-state index in [4.69, 9.17) is 4.43 Å². The Kier molecular flexibility index (Phi) is 5.72. The molecule has 0 saturated heterocycles. The fourth-order valence-corrected chi connectivity index (χ4v) is 5.27. The normalized spacial score (nSPS) is 15.2. The fourth-order valence-electron chi connectivity index (χ4n) is 4.98. The molecule has 0 heterocycles. The van der Waals surface area contributed by atoms with Gasteiger partial charge in [0.1, 0.15) is 10.5 Å². The van der Waals surface area contributed by atoms with Gasteiger partial charge in [-0.15, -0.1) is 0 Å². The molecule has 0 fully saturated rings. The largest absolute Gasteiger partial charge is 0.428 e. The second-order valence-corrected chi connectivity index (χ2v) is 9.33. The molecule has 110 valence electrons. The minimum atomic E-state index is 0.286. The highest BCUT2D eigenvalue weighted by Gasteiger charge is 2.56. The van der Waals surface area contributed by atoms with Gasteiger partial charge in [0, 0.05) is 6.61 Å². The Morgan fingerprint density at radius 2 is 1.06 bits per heavy atom. The van der Waals surface area contributed by atoms with Crippen molar-refractivity contribution in [1.29, 1.82) is 0 Å². The van der Waals surface area contributed by atoms with E-state index in [2.05, 4.69) is 62.3 Å². The summed E-state index contributed by atoms with van der Waals surface area (Å²) in [4.78, 5) is 0. The molecule has 0 radical (unpaired) electrons. The monoisotopic (exact) mass is 272 g/mol. The Labute approximate surface area is 119 Å². The Balaban J connectivity index is 5.61. The van der Waals surface area contributed by atoms with Crippen LogP contribution in [-0.2, 0) is 4.43 Å². The van der Waals surface area contributed by atoms with Gasteiger partial charge in [-0.25, -0.2) is 0 Å². The molecule has 0 rings (SSSR count). The maximum absolute atomic E-state index is 5.41. The molecule has 0 aliphatic heterocycles. The lowest BCUT2D eigenvalue weighted by Crippen LogP contribution is -2.54. The maximum atomic E-state index is 5.41. The quantitative estimate of drug-likeness (QED) is 0.551. The van der Waals surface area contributed by atoms with E-state index in [1.54, 1.807) is 0 Å². The van der Waals surface area contributed by atoms with Crippen LogP contribution in [-0.4, -0.2) is 17.1 Å². The van der Waals surface area contributed by atoms with Gasteiger partial charge < -0.3 is 4.43 Å². The Hall–Kier alpha value is 0.177. The predicted molar refractivity (Wildman–Crippen MR) is 85.9 cm³/mol. The zero-order chi connectivity index (χ0) is 14.8. The van der Waals surface area contributed by atoms with Gasteiger partial charge in [0.15, 0.2) is 0 Å². The fraction of sp³-hybridized carbons (Fsp3) is 1.00. The van der Waals surface area contributed by atoms with E-state index in [0.29, 0.717) is 5.41 Å². The molecule has 0 amide bonds. The van der Waals surface area contributed by atoms with Crippen LogP contribution in [0.5, 0.6) is 0 Å². The van der Waals surface area contributed by atoms with Gasteiger partial charge in [-0.05, 0) is 34.5 Å². The average molecular weight is 273 g/mol. The second-order valence-electron chi connectivity index (χ2n) is 8.75. The van der Waals surface area contributed by atoms with E-state index in [1.807, 2.05) is 0 Å². The van der Waals surface area contributed by atoms with Crippen LogP contribution in [0.3, 0.4) is 0 Å². The smallest absolute Gasteiger partial charge is 0.145 e. The van der Waals surface area contributed by atoms with Crippen molar-refractivity contribution in [3.8, 4) is 0 Å². The number of hydrogen-bond donors (Lipinski definition) is 0. The molecule has 1 nitrogen and oxygen atoms in total. The Bertz CT molecular complexity index is 214. The maximum Gasteiger partial charge on any atom is 0.145 e. The van der Waals surface area contributed by atoms with Crippen LogP contribution in [0, 0.1) is 21.7 Å². The van der Waals surface area contributed by atoms with Crippen LogP contribution in [0.15, 0.2) is 0 Å². The molecule has 0 N–H and O–H groups in total. The molecular formula is C16H36OSi. The second kappa shape index (κ2) is 5.66. The molecule has 0 unspecified atom stereocenters. The van der Waals surface area contributed by atoms with Crippen molar-refractivity contribution in [2.24, 2.45) is 21.7 Å². The molecule has 2 heteroatoms.